The lowest BCUT2D eigenvalue weighted by Gasteiger charge is -2.29. The van der Waals surface area contributed by atoms with Crippen molar-refractivity contribution in [2.24, 2.45) is 4.99 Å². The number of hydrogen-bond donors (Lipinski definition) is 1. The molecule has 0 saturated heterocycles. The third-order valence-electron chi connectivity index (χ3n) is 2.48. The molecule has 0 atom stereocenters. The molecule has 1 aromatic heterocycles. The number of nitrogens with zero attached hydrogens (tertiary/aromatic N) is 4. The maximum atomic E-state index is 4.30. The molecule has 0 unspecified atom stereocenters. The fourth-order valence-corrected chi connectivity index (χ4v) is 1.77. The van der Waals surface area contributed by atoms with Crippen LogP contribution in [0.3, 0.4) is 0 Å². The fraction of sp³-hybridized carbons (Fsp3) is 0.556. The molecular weight excluding hydrogens is 178 g/mol. The number of aromatic nitrogens is 2. The summed E-state index contributed by atoms with van der Waals surface area (Å²) in [5.41, 5.74) is 0. The van der Waals surface area contributed by atoms with Crippen molar-refractivity contribution >= 4 is 5.96 Å². The maximum absolute atomic E-state index is 4.30. The van der Waals surface area contributed by atoms with Crippen LogP contribution in [0.4, 0.5) is 0 Å². The van der Waals surface area contributed by atoms with Crippen molar-refractivity contribution in [3.63, 3.8) is 0 Å². The predicted octanol–water partition coefficient (Wildman–Crippen LogP) is -0.0961. The van der Waals surface area contributed by atoms with Gasteiger partial charge >= 0.3 is 0 Å². The van der Waals surface area contributed by atoms with Crippen molar-refractivity contribution in [3.8, 4) is 0 Å². The molecule has 0 fully saturated rings. The van der Waals surface area contributed by atoms with E-state index < -0.39 is 0 Å². The molecule has 0 aromatic carbocycles. The Morgan fingerprint density at radius 1 is 1.57 bits per heavy atom. The number of imidazole rings is 1. The highest BCUT2D eigenvalue weighted by Crippen LogP contribution is 2.09. The minimum atomic E-state index is 0.834. The Balaban J connectivity index is 2.14. The van der Waals surface area contributed by atoms with Gasteiger partial charge in [-0.2, -0.15) is 0 Å². The van der Waals surface area contributed by atoms with Gasteiger partial charge in [-0.25, -0.2) is 4.98 Å². The molecule has 14 heavy (non-hydrogen) atoms. The molecule has 2 rings (SSSR count). The second-order valence-corrected chi connectivity index (χ2v) is 3.26. The van der Waals surface area contributed by atoms with E-state index in [1.807, 2.05) is 19.4 Å². The fourth-order valence-electron chi connectivity index (χ4n) is 1.77. The molecule has 0 amide bonds. The summed E-state index contributed by atoms with van der Waals surface area (Å²) < 4.78 is 2.18. The van der Waals surface area contributed by atoms with Gasteiger partial charge in [0, 0.05) is 39.6 Å². The highest BCUT2D eigenvalue weighted by atomic mass is 15.3. The van der Waals surface area contributed by atoms with Crippen LogP contribution in [-0.2, 0) is 13.1 Å². The van der Waals surface area contributed by atoms with E-state index in [1.165, 1.54) is 0 Å². The van der Waals surface area contributed by atoms with Gasteiger partial charge < -0.3 is 14.8 Å². The molecule has 1 aliphatic heterocycles. The predicted molar refractivity (Wildman–Crippen MR) is 55.1 cm³/mol. The van der Waals surface area contributed by atoms with E-state index >= 15 is 0 Å². The quantitative estimate of drug-likeness (QED) is 0.462. The summed E-state index contributed by atoms with van der Waals surface area (Å²) >= 11 is 0. The summed E-state index contributed by atoms with van der Waals surface area (Å²) in [6.07, 6.45) is 3.87. The molecule has 76 valence electrons. The number of rotatable bonds is 0. The monoisotopic (exact) mass is 193 g/mol. The Morgan fingerprint density at radius 2 is 2.43 bits per heavy atom. The SMILES string of the molecule is CN=C(NC)N1CCn2ccnc2C1. The molecule has 1 aromatic rings. The van der Waals surface area contributed by atoms with Crippen molar-refractivity contribution in [1.82, 2.24) is 19.8 Å². The van der Waals surface area contributed by atoms with Gasteiger partial charge in [0.15, 0.2) is 5.96 Å². The largest absolute Gasteiger partial charge is 0.359 e. The van der Waals surface area contributed by atoms with Gasteiger partial charge in [0.1, 0.15) is 5.82 Å². The lowest BCUT2D eigenvalue weighted by molar-refractivity contribution is 0.321. The zero-order valence-electron chi connectivity index (χ0n) is 8.56. The van der Waals surface area contributed by atoms with Gasteiger partial charge in [0.05, 0.1) is 6.54 Å². The van der Waals surface area contributed by atoms with Gasteiger partial charge in [-0.1, -0.05) is 0 Å². The molecule has 2 heterocycles. The number of aliphatic imine (C=N–C) groups is 1. The normalized spacial score (nSPS) is 16.7. The zero-order valence-corrected chi connectivity index (χ0v) is 8.56. The van der Waals surface area contributed by atoms with E-state index in [0.717, 1.165) is 31.4 Å². The van der Waals surface area contributed by atoms with Crippen LogP contribution >= 0.6 is 0 Å². The molecule has 5 nitrogen and oxygen atoms in total. The van der Waals surface area contributed by atoms with E-state index in [-0.39, 0.29) is 0 Å². The first-order valence-electron chi connectivity index (χ1n) is 4.74. The standard InChI is InChI=1S/C9H15N5/c1-10-9(11-2)14-6-5-13-4-3-12-8(13)7-14/h3-4H,5-7H2,1-2H3,(H,10,11). The van der Waals surface area contributed by atoms with Crippen molar-refractivity contribution in [2.45, 2.75) is 13.1 Å². The van der Waals surface area contributed by atoms with Crippen molar-refractivity contribution in [1.29, 1.82) is 0 Å². The van der Waals surface area contributed by atoms with Crippen LogP contribution in [0.25, 0.3) is 0 Å². The molecule has 0 bridgehead atoms. The topological polar surface area (TPSA) is 45.5 Å². The van der Waals surface area contributed by atoms with E-state index in [9.17, 15) is 0 Å². The number of fused-ring (bicyclic) bond motifs is 1. The maximum Gasteiger partial charge on any atom is 0.193 e. The first kappa shape index (κ1) is 9.05. The van der Waals surface area contributed by atoms with Crippen LogP contribution in [0.2, 0.25) is 0 Å². The zero-order chi connectivity index (χ0) is 9.97. The Bertz CT molecular complexity index is 341. The summed E-state index contributed by atoms with van der Waals surface area (Å²) in [6, 6.07) is 0. The molecule has 0 saturated carbocycles. The van der Waals surface area contributed by atoms with Crippen molar-refractivity contribution < 1.29 is 0 Å². The van der Waals surface area contributed by atoms with Crippen molar-refractivity contribution in [3.05, 3.63) is 18.2 Å². The molecule has 0 spiro atoms. The highest BCUT2D eigenvalue weighted by Gasteiger charge is 2.18. The van der Waals surface area contributed by atoms with Gasteiger partial charge in [0.2, 0.25) is 0 Å². The Kier molecular flexibility index (Phi) is 2.39. The lowest BCUT2D eigenvalue weighted by atomic mass is 10.4. The summed E-state index contributed by atoms with van der Waals surface area (Å²) in [7, 11) is 3.69. The van der Waals surface area contributed by atoms with E-state index in [1.54, 1.807) is 7.05 Å². The molecule has 1 N–H and O–H groups in total. The molecule has 0 aliphatic carbocycles. The van der Waals surface area contributed by atoms with Crippen LogP contribution < -0.4 is 5.32 Å². The minimum absolute atomic E-state index is 0.834. The van der Waals surface area contributed by atoms with Crippen LogP contribution in [0.5, 0.6) is 0 Å². The van der Waals surface area contributed by atoms with Gasteiger partial charge in [-0.3, -0.25) is 4.99 Å². The summed E-state index contributed by atoms with van der Waals surface area (Å²) in [5.74, 6) is 2.03. The van der Waals surface area contributed by atoms with E-state index in [4.69, 9.17) is 0 Å². The number of hydrogen-bond acceptors (Lipinski definition) is 2. The first-order valence-corrected chi connectivity index (χ1v) is 4.74. The second kappa shape index (κ2) is 3.69. The average Bonchev–Trinajstić information content (AvgIpc) is 2.66. The highest BCUT2D eigenvalue weighted by molar-refractivity contribution is 5.79. The van der Waals surface area contributed by atoms with Gasteiger partial charge in [-0.05, 0) is 0 Å². The first-order chi connectivity index (χ1) is 6.85. The Labute approximate surface area is 83.5 Å². The summed E-state index contributed by atoms with van der Waals surface area (Å²) in [5, 5.41) is 3.08. The molecule has 0 radical (unpaired) electrons. The summed E-state index contributed by atoms with van der Waals surface area (Å²) in [6.45, 7) is 2.80. The average molecular weight is 193 g/mol. The lowest BCUT2D eigenvalue weighted by Crippen LogP contribution is -2.44. The second-order valence-electron chi connectivity index (χ2n) is 3.26. The van der Waals surface area contributed by atoms with Crippen LogP contribution in [0.15, 0.2) is 17.4 Å². The third-order valence-corrected chi connectivity index (χ3v) is 2.48. The van der Waals surface area contributed by atoms with Crippen molar-refractivity contribution in [2.75, 3.05) is 20.6 Å². The number of guanidine groups is 1. The van der Waals surface area contributed by atoms with Gasteiger partial charge in [-0.15, -0.1) is 0 Å². The molecule has 5 heteroatoms. The minimum Gasteiger partial charge on any atom is -0.359 e. The number of nitrogens with one attached hydrogen (secondary N) is 1. The Morgan fingerprint density at radius 3 is 3.14 bits per heavy atom. The van der Waals surface area contributed by atoms with E-state index in [2.05, 4.69) is 24.8 Å². The third kappa shape index (κ3) is 1.45. The molecule has 1 aliphatic rings. The smallest absolute Gasteiger partial charge is 0.193 e. The van der Waals surface area contributed by atoms with Crippen LogP contribution in [-0.4, -0.2) is 41.1 Å². The van der Waals surface area contributed by atoms with Crippen LogP contribution in [0.1, 0.15) is 5.82 Å². The van der Waals surface area contributed by atoms with Crippen LogP contribution in [0, 0.1) is 0 Å². The van der Waals surface area contributed by atoms with Gasteiger partial charge in [0.25, 0.3) is 0 Å². The summed E-state index contributed by atoms with van der Waals surface area (Å²) in [4.78, 5) is 10.7. The van der Waals surface area contributed by atoms with E-state index in [0.29, 0.717) is 0 Å². The molecular formula is C9H15N5. The Hall–Kier alpha value is -1.52.